The largest absolute Gasteiger partial charge is 0.469 e. The standard InChI is InChI=1S/C15H20O4S/c1-18-15(16)14(12-6-3-2-4-7-12)11-20(17)10-13-8-5-9-19-13/h2-4,6-7,13-14H,5,8-11H2,1H3. The third-order valence-electron chi connectivity index (χ3n) is 3.44. The zero-order chi connectivity index (χ0) is 14.4. The van der Waals surface area contributed by atoms with Crippen molar-refractivity contribution in [2.45, 2.75) is 24.9 Å². The maximum absolute atomic E-state index is 12.2. The third-order valence-corrected chi connectivity index (χ3v) is 4.88. The molecule has 110 valence electrons. The predicted octanol–water partition coefficient (Wildman–Crippen LogP) is 1.87. The minimum absolute atomic E-state index is 0.0740. The molecule has 3 unspecified atom stereocenters. The van der Waals surface area contributed by atoms with Crippen LogP contribution in [0.5, 0.6) is 0 Å². The molecule has 0 radical (unpaired) electrons. The summed E-state index contributed by atoms with van der Waals surface area (Å²) in [6.45, 7) is 0.751. The number of ether oxygens (including phenoxy) is 2. The third kappa shape index (κ3) is 4.15. The lowest BCUT2D eigenvalue weighted by molar-refractivity contribution is -0.141. The maximum Gasteiger partial charge on any atom is 0.314 e. The molecule has 0 aromatic heterocycles. The summed E-state index contributed by atoms with van der Waals surface area (Å²) in [6.07, 6.45) is 2.06. The molecule has 0 amide bonds. The van der Waals surface area contributed by atoms with E-state index in [4.69, 9.17) is 9.47 Å². The normalized spacial score (nSPS) is 21.4. The second-order valence-electron chi connectivity index (χ2n) is 4.89. The van der Waals surface area contributed by atoms with Gasteiger partial charge in [-0.3, -0.25) is 9.00 Å². The van der Waals surface area contributed by atoms with Gasteiger partial charge in [-0.25, -0.2) is 0 Å². The molecule has 1 aromatic carbocycles. The molecule has 5 heteroatoms. The predicted molar refractivity (Wildman–Crippen MR) is 78.0 cm³/mol. The highest BCUT2D eigenvalue weighted by Gasteiger charge is 2.26. The Hall–Kier alpha value is -1.20. The number of rotatable bonds is 6. The number of hydrogen-bond donors (Lipinski definition) is 0. The van der Waals surface area contributed by atoms with Crippen LogP contribution in [-0.2, 0) is 25.1 Å². The van der Waals surface area contributed by atoms with E-state index < -0.39 is 16.7 Å². The minimum Gasteiger partial charge on any atom is -0.469 e. The lowest BCUT2D eigenvalue weighted by atomic mass is 10.0. The van der Waals surface area contributed by atoms with E-state index in [9.17, 15) is 9.00 Å². The SMILES string of the molecule is COC(=O)C(CS(=O)CC1CCCO1)c1ccccc1. The number of benzene rings is 1. The van der Waals surface area contributed by atoms with Gasteiger partial charge >= 0.3 is 5.97 Å². The van der Waals surface area contributed by atoms with Crippen LogP contribution in [0.15, 0.2) is 30.3 Å². The Morgan fingerprint density at radius 1 is 1.45 bits per heavy atom. The molecule has 0 saturated carbocycles. The first-order valence-corrected chi connectivity index (χ1v) is 8.29. The molecule has 1 saturated heterocycles. The lowest BCUT2D eigenvalue weighted by Gasteiger charge is -2.16. The Balaban J connectivity index is 2.00. The van der Waals surface area contributed by atoms with Crippen LogP contribution in [0.1, 0.15) is 24.3 Å². The monoisotopic (exact) mass is 296 g/mol. The average Bonchev–Trinajstić information content (AvgIpc) is 2.97. The van der Waals surface area contributed by atoms with E-state index in [-0.39, 0.29) is 17.8 Å². The Labute approximate surface area is 121 Å². The fraction of sp³-hybridized carbons (Fsp3) is 0.533. The van der Waals surface area contributed by atoms with Crippen molar-refractivity contribution in [2.24, 2.45) is 0 Å². The van der Waals surface area contributed by atoms with E-state index in [0.29, 0.717) is 5.75 Å². The van der Waals surface area contributed by atoms with Crippen LogP contribution in [0.3, 0.4) is 0 Å². The van der Waals surface area contributed by atoms with Crippen LogP contribution < -0.4 is 0 Å². The average molecular weight is 296 g/mol. The van der Waals surface area contributed by atoms with Gasteiger partial charge in [0.15, 0.2) is 0 Å². The van der Waals surface area contributed by atoms with Gasteiger partial charge < -0.3 is 9.47 Å². The molecule has 1 fully saturated rings. The summed E-state index contributed by atoms with van der Waals surface area (Å²) in [7, 11) is 0.274. The Bertz CT molecular complexity index is 454. The van der Waals surface area contributed by atoms with Crippen LogP contribution in [0.25, 0.3) is 0 Å². The molecule has 1 aromatic rings. The van der Waals surface area contributed by atoms with Crippen molar-refractivity contribution in [1.82, 2.24) is 0 Å². The summed E-state index contributed by atoms with van der Waals surface area (Å²) in [5, 5.41) is 0. The molecule has 20 heavy (non-hydrogen) atoms. The Morgan fingerprint density at radius 2 is 2.20 bits per heavy atom. The minimum atomic E-state index is -1.09. The quantitative estimate of drug-likeness (QED) is 0.752. The first-order valence-electron chi connectivity index (χ1n) is 6.80. The van der Waals surface area contributed by atoms with Gasteiger partial charge in [-0.15, -0.1) is 0 Å². The highest BCUT2D eigenvalue weighted by molar-refractivity contribution is 7.85. The van der Waals surface area contributed by atoms with Crippen molar-refractivity contribution in [3.05, 3.63) is 35.9 Å². The van der Waals surface area contributed by atoms with Crippen molar-refractivity contribution >= 4 is 16.8 Å². The molecule has 1 aliphatic rings. The van der Waals surface area contributed by atoms with Crippen LogP contribution in [0.4, 0.5) is 0 Å². The molecular formula is C15H20O4S. The first-order chi connectivity index (χ1) is 9.70. The van der Waals surface area contributed by atoms with Gasteiger partial charge in [0.25, 0.3) is 0 Å². The molecular weight excluding hydrogens is 276 g/mol. The van der Waals surface area contributed by atoms with Crippen molar-refractivity contribution in [3.63, 3.8) is 0 Å². The summed E-state index contributed by atoms with van der Waals surface area (Å²) in [4.78, 5) is 11.9. The summed E-state index contributed by atoms with van der Waals surface area (Å²) < 4.78 is 22.5. The number of carbonyl (C=O) groups excluding carboxylic acids is 1. The van der Waals surface area contributed by atoms with Crippen LogP contribution in [-0.4, -0.2) is 41.5 Å². The van der Waals surface area contributed by atoms with E-state index in [0.717, 1.165) is 25.0 Å². The van der Waals surface area contributed by atoms with Gasteiger partial charge in [-0.1, -0.05) is 30.3 Å². The van der Waals surface area contributed by atoms with Crippen molar-refractivity contribution in [2.75, 3.05) is 25.2 Å². The topological polar surface area (TPSA) is 52.6 Å². The van der Waals surface area contributed by atoms with Gasteiger partial charge in [0.05, 0.1) is 19.1 Å². The zero-order valence-electron chi connectivity index (χ0n) is 11.6. The molecule has 0 spiro atoms. The van der Waals surface area contributed by atoms with E-state index in [1.165, 1.54) is 7.11 Å². The molecule has 1 aliphatic heterocycles. The number of hydrogen-bond acceptors (Lipinski definition) is 4. The maximum atomic E-state index is 12.2. The van der Waals surface area contributed by atoms with Crippen molar-refractivity contribution < 1.29 is 18.5 Å². The molecule has 0 aliphatic carbocycles. The van der Waals surface area contributed by atoms with E-state index >= 15 is 0 Å². The number of esters is 1. The molecule has 2 rings (SSSR count). The summed E-state index contributed by atoms with van der Waals surface area (Å²) in [5.41, 5.74) is 0.847. The Kier molecular flexibility index (Phi) is 5.73. The Morgan fingerprint density at radius 3 is 2.80 bits per heavy atom. The molecule has 0 bridgehead atoms. The van der Waals surface area contributed by atoms with Gasteiger partial charge in [-0.2, -0.15) is 0 Å². The van der Waals surface area contributed by atoms with Crippen molar-refractivity contribution in [3.8, 4) is 0 Å². The summed E-state index contributed by atoms with van der Waals surface area (Å²) in [6, 6.07) is 9.36. The van der Waals surface area contributed by atoms with Crippen LogP contribution >= 0.6 is 0 Å². The molecule has 4 nitrogen and oxygen atoms in total. The van der Waals surface area contributed by atoms with E-state index in [1.54, 1.807) is 0 Å². The smallest absolute Gasteiger partial charge is 0.314 e. The van der Waals surface area contributed by atoms with Gasteiger partial charge in [0, 0.05) is 28.9 Å². The summed E-state index contributed by atoms with van der Waals surface area (Å²) in [5.74, 6) is -0.0167. The van der Waals surface area contributed by atoms with E-state index in [1.807, 2.05) is 30.3 Å². The fourth-order valence-corrected chi connectivity index (χ4v) is 3.88. The highest BCUT2D eigenvalue weighted by Crippen LogP contribution is 2.20. The van der Waals surface area contributed by atoms with Crippen LogP contribution in [0, 0.1) is 0 Å². The lowest BCUT2D eigenvalue weighted by Crippen LogP contribution is -2.25. The second-order valence-corrected chi connectivity index (χ2v) is 6.44. The zero-order valence-corrected chi connectivity index (χ0v) is 12.4. The molecule has 3 atom stereocenters. The van der Waals surface area contributed by atoms with Crippen molar-refractivity contribution in [1.29, 1.82) is 0 Å². The highest BCUT2D eigenvalue weighted by atomic mass is 32.2. The van der Waals surface area contributed by atoms with Gasteiger partial charge in [-0.05, 0) is 18.4 Å². The number of carbonyl (C=O) groups is 1. The number of methoxy groups -OCH3 is 1. The van der Waals surface area contributed by atoms with E-state index in [2.05, 4.69) is 0 Å². The first kappa shape index (κ1) is 15.2. The van der Waals surface area contributed by atoms with Gasteiger partial charge in [0.1, 0.15) is 0 Å². The second kappa shape index (κ2) is 7.55. The molecule has 0 N–H and O–H groups in total. The fourth-order valence-electron chi connectivity index (χ4n) is 2.37. The van der Waals surface area contributed by atoms with Crippen LogP contribution in [0.2, 0.25) is 0 Å². The van der Waals surface area contributed by atoms with Gasteiger partial charge in [0.2, 0.25) is 0 Å². The summed E-state index contributed by atoms with van der Waals surface area (Å²) >= 11 is 0. The molecule has 1 heterocycles.